The van der Waals surface area contributed by atoms with Crippen LogP contribution in [0.5, 0.6) is 0 Å². The highest BCUT2D eigenvalue weighted by Gasteiger charge is 1.98. The SMILES string of the molecule is C=C(Cl)CNC(=NCc1ccn(C)c1)NCC.I. The minimum Gasteiger partial charge on any atom is -0.357 e. The van der Waals surface area contributed by atoms with Crippen molar-refractivity contribution < 1.29 is 0 Å². The van der Waals surface area contributed by atoms with Crippen LogP contribution < -0.4 is 10.6 Å². The maximum absolute atomic E-state index is 5.70. The number of nitrogens with zero attached hydrogens (tertiary/aromatic N) is 2. The Bertz CT molecular complexity index is 401. The van der Waals surface area contributed by atoms with Crippen LogP contribution in [-0.4, -0.2) is 23.6 Å². The fourth-order valence-electron chi connectivity index (χ4n) is 1.35. The van der Waals surface area contributed by atoms with Gasteiger partial charge in [-0.1, -0.05) is 18.2 Å². The molecule has 1 heterocycles. The molecule has 0 unspecified atom stereocenters. The average Bonchev–Trinajstić information content (AvgIpc) is 2.68. The highest BCUT2D eigenvalue weighted by atomic mass is 127. The Morgan fingerprint density at radius 1 is 1.50 bits per heavy atom. The zero-order valence-electron chi connectivity index (χ0n) is 10.7. The van der Waals surface area contributed by atoms with Crippen LogP contribution in [0.15, 0.2) is 35.1 Å². The molecule has 0 amide bonds. The smallest absolute Gasteiger partial charge is 0.191 e. The molecule has 0 aliphatic carbocycles. The van der Waals surface area contributed by atoms with Crippen LogP contribution in [-0.2, 0) is 13.6 Å². The lowest BCUT2D eigenvalue weighted by atomic mass is 10.3. The molecule has 1 aromatic heterocycles. The summed E-state index contributed by atoms with van der Waals surface area (Å²) in [5.74, 6) is 0.748. The van der Waals surface area contributed by atoms with E-state index in [1.165, 1.54) is 5.56 Å². The van der Waals surface area contributed by atoms with Crippen molar-refractivity contribution >= 4 is 41.5 Å². The zero-order chi connectivity index (χ0) is 12.7. The lowest BCUT2D eigenvalue weighted by molar-refractivity contribution is 0.854. The molecule has 0 fully saturated rings. The van der Waals surface area contributed by atoms with Crippen molar-refractivity contribution in [1.29, 1.82) is 0 Å². The average molecular weight is 383 g/mol. The molecule has 18 heavy (non-hydrogen) atoms. The van der Waals surface area contributed by atoms with Crippen LogP contribution in [0.1, 0.15) is 12.5 Å². The zero-order valence-corrected chi connectivity index (χ0v) is 13.8. The molecular formula is C12H20ClIN4. The highest BCUT2D eigenvalue weighted by Crippen LogP contribution is 2.01. The minimum absolute atomic E-state index is 0. The van der Waals surface area contributed by atoms with Crippen LogP contribution in [0.3, 0.4) is 0 Å². The van der Waals surface area contributed by atoms with Crippen molar-refractivity contribution in [2.24, 2.45) is 12.0 Å². The van der Waals surface area contributed by atoms with E-state index in [1.807, 2.05) is 37.0 Å². The molecule has 0 bridgehead atoms. The standard InChI is InChI=1S/C12H19ClN4.HI/c1-4-14-12(15-7-10(2)13)16-8-11-5-6-17(3)9-11;/h5-6,9H,2,4,7-8H2,1,3H3,(H2,14,15,16);1H. The van der Waals surface area contributed by atoms with Gasteiger partial charge in [-0.3, -0.25) is 0 Å². The van der Waals surface area contributed by atoms with Gasteiger partial charge in [0.25, 0.3) is 0 Å². The molecule has 1 aromatic rings. The number of guanidine groups is 1. The summed E-state index contributed by atoms with van der Waals surface area (Å²) in [4.78, 5) is 4.45. The second-order valence-electron chi connectivity index (χ2n) is 3.75. The number of rotatable bonds is 5. The lowest BCUT2D eigenvalue weighted by Gasteiger charge is -2.09. The molecule has 0 saturated carbocycles. The predicted molar refractivity (Wildman–Crippen MR) is 88.6 cm³/mol. The van der Waals surface area contributed by atoms with Gasteiger partial charge in [-0.2, -0.15) is 0 Å². The van der Waals surface area contributed by atoms with Crippen molar-refractivity contribution in [2.45, 2.75) is 13.5 Å². The third kappa shape index (κ3) is 6.90. The Kier molecular flexibility index (Phi) is 8.91. The Labute approximate surface area is 131 Å². The third-order valence-corrected chi connectivity index (χ3v) is 2.24. The third-order valence-electron chi connectivity index (χ3n) is 2.10. The molecule has 4 nitrogen and oxygen atoms in total. The van der Waals surface area contributed by atoms with Gasteiger partial charge in [0, 0.05) is 31.0 Å². The molecule has 2 N–H and O–H groups in total. The van der Waals surface area contributed by atoms with E-state index < -0.39 is 0 Å². The first kappa shape index (κ1) is 17.3. The van der Waals surface area contributed by atoms with Gasteiger partial charge < -0.3 is 15.2 Å². The molecule has 1 rings (SSSR count). The maximum atomic E-state index is 5.70. The largest absolute Gasteiger partial charge is 0.357 e. The van der Waals surface area contributed by atoms with Gasteiger partial charge in [-0.25, -0.2) is 4.99 Å². The van der Waals surface area contributed by atoms with Gasteiger partial charge in [0.2, 0.25) is 0 Å². The first-order valence-electron chi connectivity index (χ1n) is 5.58. The number of hydrogen-bond acceptors (Lipinski definition) is 1. The fraction of sp³-hybridized carbons (Fsp3) is 0.417. The summed E-state index contributed by atoms with van der Waals surface area (Å²) in [5, 5.41) is 6.81. The molecule has 0 radical (unpaired) electrons. The van der Waals surface area contributed by atoms with Crippen LogP contribution in [0, 0.1) is 0 Å². The highest BCUT2D eigenvalue weighted by molar-refractivity contribution is 14.0. The molecule has 102 valence electrons. The number of nitrogens with one attached hydrogen (secondary N) is 2. The monoisotopic (exact) mass is 382 g/mol. The number of aromatic nitrogens is 1. The summed E-state index contributed by atoms with van der Waals surface area (Å²) in [6, 6.07) is 2.05. The minimum atomic E-state index is 0. The van der Waals surface area contributed by atoms with Gasteiger partial charge in [0.05, 0.1) is 13.1 Å². The molecule has 0 spiro atoms. The summed E-state index contributed by atoms with van der Waals surface area (Å²) in [6.45, 7) is 7.62. The van der Waals surface area contributed by atoms with Gasteiger partial charge in [0.15, 0.2) is 5.96 Å². The maximum Gasteiger partial charge on any atom is 0.191 e. The number of hydrogen-bond donors (Lipinski definition) is 2. The second kappa shape index (κ2) is 9.27. The van der Waals surface area contributed by atoms with Gasteiger partial charge in [0.1, 0.15) is 0 Å². The van der Waals surface area contributed by atoms with E-state index >= 15 is 0 Å². The summed E-state index contributed by atoms with van der Waals surface area (Å²) in [7, 11) is 1.99. The lowest BCUT2D eigenvalue weighted by Crippen LogP contribution is -2.37. The van der Waals surface area contributed by atoms with E-state index in [2.05, 4.69) is 22.2 Å². The molecule has 0 aliphatic rings. The molecule has 0 atom stereocenters. The molecule has 6 heteroatoms. The Hall–Kier alpha value is -0.690. The predicted octanol–water partition coefficient (Wildman–Crippen LogP) is 2.45. The van der Waals surface area contributed by atoms with Crippen molar-refractivity contribution in [2.75, 3.05) is 13.1 Å². The van der Waals surface area contributed by atoms with Crippen molar-refractivity contribution in [3.05, 3.63) is 35.6 Å². The van der Waals surface area contributed by atoms with Gasteiger partial charge in [-0.15, -0.1) is 24.0 Å². The van der Waals surface area contributed by atoms with E-state index in [0.717, 1.165) is 12.5 Å². The quantitative estimate of drug-likeness (QED) is 0.467. The summed E-state index contributed by atoms with van der Waals surface area (Å²) in [5.41, 5.74) is 1.18. The van der Waals surface area contributed by atoms with Crippen LogP contribution in [0.25, 0.3) is 0 Å². The topological polar surface area (TPSA) is 41.4 Å². The van der Waals surface area contributed by atoms with E-state index in [9.17, 15) is 0 Å². The number of aliphatic imine (C=N–C) groups is 1. The van der Waals surface area contributed by atoms with E-state index in [-0.39, 0.29) is 24.0 Å². The van der Waals surface area contributed by atoms with Gasteiger partial charge >= 0.3 is 0 Å². The van der Waals surface area contributed by atoms with E-state index in [0.29, 0.717) is 18.1 Å². The van der Waals surface area contributed by atoms with Crippen molar-refractivity contribution in [3.8, 4) is 0 Å². The van der Waals surface area contributed by atoms with Crippen LogP contribution in [0.4, 0.5) is 0 Å². The Morgan fingerprint density at radius 2 is 2.22 bits per heavy atom. The summed E-state index contributed by atoms with van der Waals surface area (Å²) in [6.07, 6.45) is 4.05. The first-order valence-corrected chi connectivity index (χ1v) is 5.96. The van der Waals surface area contributed by atoms with Crippen LogP contribution in [0.2, 0.25) is 0 Å². The molecular weight excluding hydrogens is 363 g/mol. The van der Waals surface area contributed by atoms with E-state index in [4.69, 9.17) is 11.6 Å². The van der Waals surface area contributed by atoms with Crippen molar-refractivity contribution in [1.82, 2.24) is 15.2 Å². The molecule has 0 saturated heterocycles. The fourth-order valence-corrected chi connectivity index (χ4v) is 1.41. The second-order valence-corrected chi connectivity index (χ2v) is 4.29. The van der Waals surface area contributed by atoms with Crippen LogP contribution >= 0.6 is 35.6 Å². The summed E-state index contributed by atoms with van der Waals surface area (Å²) < 4.78 is 2.01. The number of halogens is 2. The molecule has 0 aromatic carbocycles. The Morgan fingerprint density at radius 3 is 2.72 bits per heavy atom. The molecule has 0 aliphatic heterocycles. The normalized spacial score (nSPS) is 10.7. The number of aryl methyl sites for hydroxylation is 1. The van der Waals surface area contributed by atoms with Crippen molar-refractivity contribution in [3.63, 3.8) is 0 Å². The summed E-state index contributed by atoms with van der Waals surface area (Å²) >= 11 is 5.70. The van der Waals surface area contributed by atoms with Gasteiger partial charge in [-0.05, 0) is 18.6 Å². The first-order chi connectivity index (χ1) is 8.11. The van der Waals surface area contributed by atoms with E-state index in [1.54, 1.807) is 0 Å². The Balaban J connectivity index is 0.00000289.